The van der Waals surface area contributed by atoms with Gasteiger partial charge in [0.15, 0.2) is 0 Å². The number of aryl methyl sites for hydroxylation is 4. The predicted molar refractivity (Wildman–Crippen MR) is 128 cm³/mol. The van der Waals surface area contributed by atoms with Gasteiger partial charge in [0.2, 0.25) is 5.91 Å². The molecule has 0 unspecified atom stereocenters. The first-order chi connectivity index (χ1) is 14.9. The Kier molecular flexibility index (Phi) is 7.32. The molecule has 0 radical (unpaired) electrons. The van der Waals surface area contributed by atoms with Crippen LogP contribution in [0, 0.1) is 20.8 Å². The minimum absolute atomic E-state index is 0.152. The van der Waals surface area contributed by atoms with Gasteiger partial charge in [0.25, 0.3) is 0 Å². The summed E-state index contributed by atoms with van der Waals surface area (Å²) in [6.07, 6.45) is 1.24. The number of hydrogen-bond donors (Lipinski definition) is 0. The summed E-state index contributed by atoms with van der Waals surface area (Å²) in [5.74, 6) is 0.152. The fraction of sp³-hybridized carbons (Fsp3) is 0.407. The fourth-order valence-corrected chi connectivity index (χ4v) is 4.55. The van der Waals surface area contributed by atoms with E-state index in [1.807, 2.05) is 34.7 Å². The number of carbonyl (C=O) groups excluding carboxylic acids is 1. The SMILES string of the molecule is CCc1c(-c2c(C)cc(C)cc2C)nn(CC)c1CC(=O)N(CC)Cc1ccccc1. The zero-order chi connectivity index (χ0) is 22.5. The van der Waals surface area contributed by atoms with Gasteiger partial charge in [-0.3, -0.25) is 9.48 Å². The van der Waals surface area contributed by atoms with E-state index in [1.54, 1.807) is 0 Å². The minimum atomic E-state index is 0.152. The summed E-state index contributed by atoms with van der Waals surface area (Å²) >= 11 is 0. The molecule has 0 saturated carbocycles. The van der Waals surface area contributed by atoms with Gasteiger partial charge in [-0.15, -0.1) is 0 Å². The maximum Gasteiger partial charge on any atom is 0.228 e. The zero-order valence-electron chi connectivity index (χ0n) is 19.8. The highest BCUT2D eigenvalue weighted by Crippen LogP contribution is 2.32. The van der Waals surface area contributed by atoms with Crippen molar-refractivity contribution in [2.75, 3.05) is 6.54 Å². The fourth-order valence-electron chi connectivity index (χ4n) is 4.55. The number of nitrogens with zero attached hydrogens (tertiary/aromatic N) is 3. The van der Waals surface area contributed by atoms with Crippen LogP contribution in [0.2, 0.25) is 0 Å². The van der Waals surface area contributed by atoms with E-state index in [9.17, 15) is 4.79 Å². The lowest BCUT2D eigenvalue weighted by atomic mass is 9.93. The van der Waals surface area contributed by atoms with Crippen molar-refractivity contribution in [3.05, 3.63) is 76.0 Å². The monoisotopic (exact) mass is 417 g/mol. The second kappa shape index (κ2) is 9.95. The molecule has 0 N–H and O–H groups in total. The number of amides is 1. The first kappa shape index (κ1) is 22.8. The number of likely N-dealkylation sites (N-methyl/N-ethyl adjacent to an activating group) is 1. The summed E-state index contributed by atoms with van der Waals surface area (Å²) in [5, 5.41) is 4.99. The third-order valence-corrected chi connectivity index (χ3v) is 6.00. The second-order valence-corrected chi connectivity index (χ2v) is 8.29. The van der Waals surface area contributed by atoms with E-state index >= 15 is 0 Å². The molecule has 4 heteroatoms. The van der Waals surface area contributed by atoms with Crippen LogP contribution in [-0.4, -0.2) is 27.1 Å². The van der Waals surface area contributed by atoms with Crippen molar-refractivity contribution in [3.63, 3.8) is 0 Å². The lowest BCUT2D eigenvalue weighted by Crippen LogP contribution is -2.32. The van der Waals surface area contributed by atoms with Gasteiger partial charge in [-0.25, -0.2) is 0 Å². The largest absolute Gasteiger partial charge is 0.338 e. The summed E-state index contributed by atoms with van der Waals surface area (Å²) in [4.78, 5) is 15.2. The topological polar surface area (TPSA) is 38.1 Å². The van der Waals surface area contributed by atoms with Gasteiger partial charge >= 0.3 is 0 Å². The number of hydrogen-bond acceptors (Lipinski definition) is 2. The van der Waals surface area contributed by atoms with E-state index in [0.717, 1.165) is 29.9 Å². The molecule has 4 nitrogen and oxygen atoms in total. The molecule has 1 aromatic heterocycles. The summed E-state index contributed by atoms with van der Waals surface area (Å²) in [7, 11) is 0. The highest BCUT2D eigenvalue weighted by atomic mass is 16.2. The molecule has 0 atom stereocenters. The van der Waals surface area contributed by atoms with Crippen LogP contribution in [0.15, 0.2) is 42.5 Å². The Morgan fingerprint density at radius 1 is 1.00 bits per heavy atom. The van der Waals surface area contributed by atoms with Crippen molar-refractivity contribution < 1.29 is 4.79 Å². The van der Waals surface area contributed by atoms with Crippen molar-refractivity contribution in [1.29, 1.82) is 0 Å². The van der Waals surface area contributed by atoms with Gasteiger partial charge in [-0.1, -0.05) is 55.0 Å². The molecular formula is C27H35N3O. The molecular weight excluding hydrogens is 382 g/mol. The van der Waals surface area contributed by atoms with E-state index in [2.05, 4.69) is 58.9 Å². The van der Waals surface area contributed by atoms with Crippen LogP contribution in [0.3, 0.4) is 0 Å². The highest BCUT2D eigenvalue weighted by molar-refractivity contribution is 5.80. The Labute approximate surface area is 186 Å². The maximum atomic E-state index is 13.3. The smallest absolute Gasteiger partial charge is 0.228 e. The van der Waals surface area contributed by atoms with Crippen molar-refractivity contribution >= 4 is 5.91 Å². The lowest BCUT2D eigenvalue weighted by Gasteiger charge is -2.21. The molecule has 0 aliphatic heterocycles. The Hall–Kier alpha value is -2.88. The maximum absolute atomic E-state index is 13.3. The third-order valence-electron chi connectivity index (χ3n) is 6.00. The molecule has 31 heavy (non-hydrogen) atoms. The summed E-state index contributed by atoms with van der Waals surface area (Å²) in [6, 6.07) is 14.6. The normalized spacial score (nSPS) is 11.0. The van der Waals surface area contributed by atoms with E-state index < -0.39 is 0 Å². The van der Waals surface area contributed by atoms with Crippen molar-refractivity contribution in [1.82, 2.24) is 14.7 Å². The zero-order valence-corrected chi connectivity index (χ0v) is 19.8. The van der Waals surface area contributed by atoms with Crippen LogP contribution in [0.4, 0.5) is 0 Å². The van der Waals surface area contributed by atoms with Gasteiger partial charge in [-0.2, -0.15) is 5.10 Å². The average molecular weight is 418 g/mol. The van der Waals surface area contributed by atoms with Crippen molar-refractivity contribution in [3.8, 4) is 11.3 Å². The first-order valence-corrected chi connectivity index (χ1v) is 11.4. The van der Waals surface area contributed by atoms with Gasteiger partial charge in [-0.05, 0) is 57.7 Å². The number of aromatic nitrogens is 2. The highest BCUT2D eigenvalue weighted by Gasteiger charge is 2.23. The van der Waals surface area contributed by atoms with Gasteiger partial charge in [0.05, 0.1) is 17.8 Å². The standard InChI is InChI=1S/C27H35N3O/c1-7-23-24(17-25(31)29(8-2)18-22-13-11-10-12-14-22)30(9-3)28-27(23)26-20(5)15-19(4)16-21(26)6/h10-16H,7-9,17-18H2,1-6H3. The Morgan fingerprint density at radius 3 is 2.19 bits per heavy atom. The van der Waals surface area contributed by atoms with Crippen LogP contribution < -0.4 is 0 Å². The summed E-state index contributed by atoms with van der Waals surface area (Å²) < 4.78 is 2.03. The lowest BCUT2D eigenvalue weighted by molar-refractivity contribution is -0.131. The minimum Gasteiger partial charge on any atom is -0.338 e. The Balaban J connectivity index is 1.97. The van der Waals surface area contributed by atoms with Gasteiger partial charge in [0, 0.05) is 30.8 Å². The number of rotatable bonds is 8. The third kappa shape index (κ3) is 4.90. The van der Waals surface area contributed by atoms with Crippen LogP contribution >= 0.6 is 0 Å². The molecule has 1 amide bonds. The van der Waals surface area contributed by atoms with Gasteiger partial charge in [0.1, 0.15) is 0 Å². The molecule has 0 spiro atoms. The van der Waals surface area contributed by atoms with Crippen LogP contribution in [0.5, 0.6) is 0 Å². The molecule has 0 fully saturated rings. The molecule has 0 saturated heterocycles. The van der Waals surface area contributed by atoms with E-state index in [1.165, 1.54) is 27.8 Å². The molecule has 164 valence electrons. The molecule has 0 aliphatic carbocycles. The van der Waals surface area contributed by atoms with E-state index in [-0.39, 0.29) is 5.91 Å². The van der Waals surface area contributed by atoms with E-state index in [0.29, 0.717) is 19.5 Å². The molecule has 3 aromatic rings. The van der Waals surface area contributed by atoms with Crippen molar-refractivity contribution in [2.45, 2.75) is 67.5 Å². The van der Waals surface area contributed by atoms with E-state index in [4.69, 9.17) is 5.10 Å². The quantitative estimate of drug-likeness (QED) is 0.475. The van der Waals surface area contributed by atoms with Crippen molar-refractivity contribution in [2.24, 2.45) is 0 Å². The van der Waals surface area contributed by atoms with Crippen LogP contribution in [0.1, 0.15) is 54.3 Å². The Bertz CT molecular complexity index is 1030. The molecule has 0 bridgehead atoms. The first-order valence-electron chi connectivity index (χ1n) is 11.4. The summed E-state index contributed by atoms with van der Waals surface area (Å²) in [6.45, 7) is 14.8. The average Bonchev–Trinajstić information content (AvgIpc) is 3.08. The second-order valence-electron chi connectivity index (χ2n) is 8.29. The summed E-state index contributed by atoms with van der Waals surface area (Å²) in [5.41, 5.74) is 9.39. The molecule has 2 aromatic carbocycles. The predicted octanol–water partition coefficient (Wildman–Crippen LogP) is 5.65. The molecule has 3 rings (SSSR count). The van der Waals surface area contributed by atoms with Gasteiger partial charge < -0.3 is 4.90 Å². The Morgan fingerprint density at radius 2 is 1.65 bits per heavy atom. The van der Waals surface area contributed by atoms with Crippen LogP contribution in [0.25, 0.3) is 11.3 Å². The molecule has 0 aliphatic rings. The molecule has 1 heterocycles. The number of benzene rings is 2. The number of carbonyl (C=O) groups is 1. The van der Waals surface area contributed by atoms with Crippen LogP contribution in [-0.2, 0) is 30.7 Å².